The SMILES string of the molecule is CCCCN(CC=Cc1ccccc1)S(=O)(=O)c1ccccc1. The van der Waals surface area contributed by atoms with Crippen molar-refractivity contribution in [2.75, 3.05) is 13.1 Å². The third-order valence-electron chi connectivity index (χ3n) is 3.56. The quantitative estimate of drug-likeness (QED) is 0.728. The Balaban J connectivity index is 2.15. The first-order chi connectivity index (χ1) is 11.1. The van der Waals surface area contributed by atoms with E-state index in [4.69, 9.17) is 0 Å². The smallest absolute Gasteiger partial charge is 0.207 e. The highest BCUT2D eigenvalue weighted by Gasteiger charge is 2.22. The summed E-state index contributed by atoms with van der Waals surface area (Å²) in [5, 5.41) is 0. The van der Waals surface area contributed by atoms with Crippen molar-refractivity contribution in [3.05, 3.63) is 72.3 Å². The highest BCUT2D eigenvalue weighted by molar-refractivity contribution is 7.89. The van der Waals surface area contributed by atoms with Crippen LogP contribution in [0.5, 0.6) is 0 Å². The minimum absolute atomic E-state index is 0.351. The summed E-state index contributed by atoms with van der Waals surface area (Å²) in [4.78, 5) is 0.351. The minimum atomic E-state index is -3.45. The fraction of sp³-hybridized carbons (Fsp3) is 0.263. The Kier molecular flexibility index (Phi) is 6.56. The van der Waals surface area contributed by atoms with Gasteiger partial charge in [-0.1, -0.05) is 74.0 Å². The average Bonchev–Trinajstić information content (AvgIpc) is 2.59. The number of nitrogens with zero attached hydrogens (tertiary/aromatic N) is 1. The maximum atomic E-state index is 12.8. The molecule has 0 saturated heterocycles. The summed E-state index contributed by atoms with van der Waals surface area (Å²) >= 11 is 0. The van der Waals surface area contributed by atoms with Crippen LogP contribution >= 0.6 is 0 Å². The first kappa shape index (κ1) is 17.4. The summed E-state index contributed by atoms with van der Waals surface area (Å²) in [6.07, 6.45) is 5.68. The van der Waals surface area contributed by atoms with E-state index in [0.29, 0.717) is 18.0 Å². The second-order valence-electron chi connectivity index (χ2n) is 5.34. The highest BCUT2D eigenvalue weighted by Crippen LogP contribution is 2.16. The Morgan fingerprint density at radius 1 is 0.957 bits per heavy atom. The van der Waals surface area contributed by atoms with Crippen LogP contribution in [0.3, 0.4) is 0 Å². The van der Waals surface area contributed by atoms with Gasteiger partial charge in [-0.25, -0.2) is 8.42 Å². The summed E-state index contributed by atoms with van der Waals surface area (Å²) in [6, 6.07) is 18.5. The van der Waals surface area contributed by atoms with Crippen molar-refractivity contribution < 1.29 is 8.42 Å². The standard InChI is InChI=1S/C19H23NO2S/c1-2-3-16-20(17-10-13-18-11-6-4-7-12-18)23(21,22)19-14-8-5-9-15-19/h4-15H,2-3,16-17H2,1H3. The van der Waals surface area contributed by atoms with Crippen LogP contribution in [-0.2, 0) is 10.0 Å². The molecule has 2 aromatic rings. The van der Waals surface area contributed by atoms with Gasteiger partial charge in [0, 0.05) is 13.1 Å². The Morgan fingerprint density at radius 3 is 2.17 bits per heavy atom. The van der Waals surface area contributed by atoms with Crippen molar-refractivity contribution in [1.82, 2.24) is 4.31 Å². The lowest BCUT2D eigenvalue weighted by Crippen LogP contribution is -2.32. The predicted molar refractivity (Wildman–Crippen MR) is 95.6 cm³/mol. The number of hydrogen-bond donors (Lipinski definition) is 0. The molecule has 2 aromatic carbocycles. The molecule has 0 N–H and O–H groups in total. The van der Waals surface area contributed by atoms with Crippen LogP contribution in [-0.4, -0.2) is 25.8 Å². The molecule has 0 amide bonds. The Labute approximate surface area is 139 Å². The van der Waals surface area contributed by atoms with Crippen molar-refractivity contribution in [1.29, 1.82) is 0 Å². The van der Waals surface area contributed by atoms with Gasteiger partial charge in [0.15, 0.2) is 0 Å². The largest absolute Gasteiger partial charge is 0.243 e. The van der Waals surface area contributed by atoms with E-state index < -0.39 is 10.0 Å². The second kappa shape index (κ2) is 8.65. The molecule has 0 aliphatic carbocycles. The van der Waals surface area contributed by atoms with Gasteiger partial charge in [0.05, 0.1) is 4.90 Å². The van der Waals surface area contributed by atoms with E-state index in [2.05, 4.69) is 6.92 Å². The van der Waals surface area contributed by atoms with Crippen molar-refractivity contribution in [2.24, 2.45) is 0 Å². The number of rotatable bonds is 8. The van der Waals surface area contributed by atoms with Gasteiger partial charge in [-0.05, 0) is 24.1 Å². The van der Waals surface area contributed by atoms with Crippen LogP contribution in [0.15, 0.2) is 71.6 Å². The molecule has 0 spiro atoms. The van der Waals surface area contributed by atoms with Gasteiger partial charge in [-0.2, -0.15) is 4.31 Å². The third-order valence-corrected chi connectivity index (χ3v) is 5.44. The molecule has 0 aromatic heterocycles. The van der Waals surface area contributed by atoms with Crippen LogP contribution in [0.4, 0.5) is 0 Å². The lowest BCUT2D eigenvalue weighted by atomic mass is 10.2. The molecular weight excluding hydrogens is 306 g/mol. The van der Waals surface area contributed by atoms with Crippen LogP contribution in [0, 0.1) is 0 Å². The molecule has 2 rings (SSSR count). The van der Waals surface area contributed by atoms with E-state index in [1.165, 1.54) is 0 Å². The molecule has 0 aliphatic heterocycles. The lowest BCUT2D eigenvalue weighted by molar-refractivity contribution is 0.433. The first-order valence-electron chi connectivity index (χ1n) is 7.91. The summed E-state index contributed by atoms with van der Waals surface area (Å²) in [5.41, 5.74) is 1.07. The molecule has 0 radical (unpaired) electrons. The van der Waals surface area contributed by atoms with Gasteiger partial charge in [-0.3, -0.25) is 0 Å². The van der Waals surface area contributed by atoms with E-state index in [1.54, 1.807) is 28.6 Å². The van der Waals surface area contributed by atoms with Crippen molar-refractivity contribution in [3.63, 3.8) is 0 Å². The van der Waals surface area contributed by atoms with Gasteiger partial charge < -0.3 is 0 Å². The number of sulfonamides is 1. The Bertz CT molecular complexity index is 710. The van der Waals surface area contributed by atoms with E-state index in [0.717, 1.165) is 18.4 Å². The van der Waals surface area contributed by atoms with Crippen molar-refractivity contribution in [3.8, 4) is 0 Å². The third kappa shape index (κ3) is 5.05. The minimum Gasteiger partial charge on any atom is -0.207 e. The molecule has 0 unspecified atom stereocenters. The zero-order valence-corrected chi connectivity index (χ0v) is 14.2. The molecule has 4 heteroatoms. The van der Waals surface area contributed by atoms with Crippen LogP contribution in [0.1, 0.15) is 25.3 Å². The normalized spacial score (nSPS) is 12.1. The zero-order valence-electron chi connectivity index (χ0n) is 13.4. The average molecular weight is 329 g/mol. The fourth-order valence-corrected chi connectivity index (χ4v) is 3.71. The summed E-state index contributed by atoms with van der Waals surface area (Å²) in [7, 11) is -3.45. The molecule has 0 fully saturated rings. The topological polar surface area (TPSA) is 37.4 Å². The molecule has 0 heterocycles. The summed E-state index contributed by atoms with van der Waals surface area (Å²) in [6.45, 7) is 2.98. The van der Waals surface area contributed by atoms with Crippen LogP contribution in [0.25, 0.3) is 6.08 Å². The second-order valence-corrected chi connectivity index (χ2v) is 7.28. The molecular formula is C19H23NO2S. The Hall–Kier alpha value is -1.91. The molecule has 0 bridgehead atoms. The lowest BCUT2D eigenvalue weighted by Gasteiger charge is -2.20. The summed E-state index contributed by atoms with van der Waals surface area (Å²) < 4.78 is 27.1. The van der Waals surface area contributed by atoms with Crippen molar-refractivity contribution >= 4 is 16.1 Å². The van der Waals surface area contributed by atoms with Gasteiger partial charge >= 0.3 is 0 Å². The monoisotopic (exact) mass is 329 g/mol. The van der Waals surface area contributed by atoms with Gasteiger partial charge in [-0.15, -0.1) is 0 Å². The van der Waals surface area contributed by atoms with Crippen LogP contribution < -0.4 is 0 Å². The summed E-state index contributed by atoms with van der Waals surface area (Å²) in [5.74, 6) is 0. The fourth-order valence-electron chi connectivity index (χ4n) is 2.26. The van der Waals surface area contributed by atoms with Gasteiger partial charge in [0.2, 0.25) is 10.0 Å². The highest BCUT2D eigenvalue weighted by atomic mass is 32.2. The molecule has 0 aliphatic rings. The first-order valence-corrected chi connectivity index (χ1v) is 9.35. The number of unbranched alkanes of at least 4 members (excludes halogenated alkanes) is 1. The number of benzene rings is 2. The van der Waals surface area contributed by atoms with Gasteiger partial charge in [0.25, 0.3) is 0 Å². The molecule has 23 heavy (non-hydrogen) atoms. The van der Waals surface area contributed by atoms with E-state index in [-0.39, 0.29) is 0 Å². The zero-order chi connectivity index (χ0) is 16.5. The molecule has 0 saturated carbocycles. The van der Waals surface area contributed by atoms with Gasteiger partial charge in [0.1, 0.15) is 0 Å². The van der Waals surface area contributed by atoms with Crippen molar-refractivity contribution in [2.45, 2.75) is 24.7 Å². The maximum Gasteiger partial charge on any atom is 0.243 e. The van der Waals surface area contributed by atoms with E-state index in [9.17, 15) is 8.42 Å². The maximum absolute atomic E-state index is 12.8. The van der Waals surface area contributed by atoms with E-state index >= 15 is 0 Å². The predicted octanol–water partition coefficient (Wildman–Crippen LogP) is 4.19. The molecule has 122 valence electrons. The molecule has 3 nitrogen and oxygen atoms in total. The van der Waals surface area contributed by atoms with Crippen LogP contribution in [0.2, 0.25) is 0 Å². The molecule has 0 atom stereocenters. The van der Waals surface area contributed by atoms with E-state index in [1.807, 2.05) is 48.6 Å². The Morgan fingerprint density at radius 2 is 1.57 bits per heavy atom. The number of hydrogen-bond acceptors (Lipinski definition) is 2.